The number of carbonyl (C=O) groups is 1. The highest BCUT2D eigenvalue weighted by atomic mass is 32.1. The second-order valence-electron chi connectivity index (χ2n) is 8.43. The smallest absolute Gasteiger partial charge is 0.288 e. The molecule has 0 saturated heterocycles. The number of aliphatic hydroxyl groups excluding tert-OH is 1. The van der Waals surface area contributed by atoms with Crippen LogP contribution in [0.3, 0.4) is 0 Å². The van der Waals surface area contributed by atoms with Crippen molar-refractivity contribution < 1.29 is 19.4 Å². The molecule has 1 aromatic heterocycles. The van der Waals surface area contributed by atoms with Gasteiger partial charge >= 0.3 is 0 Å². The van der Waals surface area contributed by atoms with Crippen LogP contribution in [0.1, 0.15) is 60.4 Å². The first-order valence-corrected chi connectivity index (χ1v) is 12.0. The number of rotatable bonds is 7. The molecule has 4 rings (SSSR count). The van der Waals surface area contributed by atoms with E-state index in [1.807, 2.05) is 48.4 Å². The first kappa shape index (κ1) is 22.1. The van der Waals surface area contributed by atoms with Crippen LogP contribution in [-0.4, -0.2) is 35.3 Å². The molecule has 2 aliphatic rings. The number of likely N-dealkylation sites (N-methyl/N-ethyl adjacent to an activating group) is 1. The average molecular weight is 442 g/mol. The Kier molecular flexibility index (Phi) is 7.43. The monoisotopic (exact) mass is 441 g/mol. The SMILES string of the molecule is CN(C(=O)C1=C[C@H](c2cccs2)C[C@H](OCc2ccc(CO)cc2)O1)C1CCCCC1. The van der Waals surface area contributed by atoms with Crippen LogP contribution in [0.5, 0.6) is 0 Å². The maximum atomic E-state index is 13.3. The van der Waals surface area contributed by atoms with Crippen molar-refractivity contribution in [3.8, 4) is 0 Å². The van der Waals surface area contributed by atoms with E-state index < -0.39 is 6.29 Å². The van der Waals surface area contributed by atoms with E-state index in [0.717, 1.165) is 24.0 Å². The van der Waals surface area contributed by atoms with Crippen LogP contribution in [-0.2, 0) is 27.5 Å². The van der Waals surface area contributed by atoms with E-state index in [2.05, 4.69) is 11.4 Å². The summed E-state index contributed by atoms with van der Waals surface area (Å²) >= 11 is 1.70. The van der Waals surface area contributed by atoms with Gasteiger partial charge in [-0.3, -0.25) is 4.79 Å². The van der Waals surface area contributed by atoms with Gasteiger partial charge in [0.05, 0.1) is 13.2 Å². The lowest BCUT2D eigenvalue weighted by molar-refractivity contribution is -0.156. The van der Waals surface area contributed by atoms with Gasteiger partial charge in [0.2, 0.25) is 6.29 Å². The summed E-state index contributed by atoms with van der Waals surface area (Å²) < 4.78 is 12.2. The third-order valence-corrected chi connectivity index (χ3v) is 7.27. The Morgan fingerprint density at radius 3 is 2.58 bits per heavy atom. The third-order valence-electron chi connectivity index (χ3n) is 6.26. The lowest BCUT2D eigenvalue weighted by Crippen LogP contribution is -2.41. The highest BCUT2D eigenvalue weighted by Gasteiger charge is 2.32. The molecule has 1 aliphatic heterocycles. The highest BCUT2D eigenvalue weighted by molar-refractivity contribution is 7.10. The topological polar surface area (TPSA) is 59.0 Å². The van der Waals surface area contributed by atoms with Crippen LogP contribution in [0.4, 0.5) is 0 Å². The zero-order valence-electron chi connectivity index (χ0n) is 18.0. The quantitative estimate of drug-likeness (QED) is 0.660. The summed E-state index contributed by atoms with van der Waals surface area (Å²) in [6.07, 6.45) is 7.92. The molecule has 1 fully saturated rings. The number of nitrogens with zero attached hydrogens (tertiary/aromatic N) is 1. The average Bonchev–Trinajstić information content (AvgIpc) is 3.38. The Labute approximate surface area is 188 Å². The van der Waals surface area contributed by atoms with Crippen molar-refractivity contribution in [1.82, 2.24) is 4.90 Å². The van der Waals surface area contributed by atoms with Crippen LogP contribution in [0.25, 0.3) is 0 Å². The fourth-order valence-electron chi connectivity index (χ4n) is 4.35. The van der Waals surface area contributed by atoms with Crippen molar-refractivity contribution in [2.24, 2.45) is 0 Å². The van der Waals surface area contributed by atoms with Crippen LogP contribution in [0.2, 0.25) is 0 Å². The molecule has 1 aliphatic carbocycles. The molecule has 5 nitrogen and oxygen atoms in total. The van der Waals surface area contributed by atoms with E-state index in [4.69, 9.17) is 9.47 Å². The standard InChI is InChI=1S/C25H31NO4S/c1-26(21-6-3-2-4-7-21)25(28)22-14-20(23-8-5-13-31-23)15-24(30-22)29-17-19-11-9-18(16-27)10-12-19/h5,8-14,20-21,24,27H,2-4,6-7,15-17H2,1H3/t20-,24+/m0/s1. The second kappa shape index (κ2) is 10.4. The van der Waals surface area contributed by atoms with Gasteiger partial charge in [0.15, 0.2) is 5.76 Å². The Morgan fingerprint density at radius 1 is 1.16 bits per heavy atom. The van der Waals surface area contributed by atoms with E-state index in [1.165, 1.54) is 24.1 Å². The van der Waals surface area contributed by atoms with Gasteiger partial charge < -0.3 is 19.5 Å². The molecule has 2 aromatic rings. The van der Waals surface area contributed by atoms with Crippen molar-refractivity contribution in [3.05, 3.63) is 69.6 Å². The predicted molar refractivity (Wildman–Crippen MR) is 121 cm³/mol. The Bertz CT molecular complexity index is 871. The summed E-state index contributed by atoms with van der Waals surface area (Å²) in [6, 6.07) is 12.1. The minimum atomic E-state index is -0.478. The van der Waals surface area contributed by atoms with Crippen molar-refractivity contribution >= 4 is 17.2 Å². The minimum absolute atomic E-state index is 0.0279. The van der Waals surface area contributed by atoms with Crippen LogP contribution in [0, 0.1) is 0 Å². The Morgan fingerprint density at radius 2 is 1.90 bits per heavy atom. The van der Waals surface area contributed by atoms with Crippen molar-refractivity contribution in [2.75, 3.05) is 7.05 Å². The van der Waals surface area contributed by atoms with Crippen molar-refractivity contribution in [2.45, 2.75) is 70.0 Å². The molecule has 0 unspecified atom stereocenters. The van der Waals surface area contributed by atoms with Crippen LogP contribution < -0.4 is 0 Å². The number of aliphatic hydroxyl groups is 1. The number of carbonyl (C=O) groups excluding carboxylic acids is 1. The minimum Gasteiger partial charge on any atom is -0.459 e. The maximum Gasteiger partial charge on any atom is 0.288 e. The van der Waals surface area contributed by atoms with Crippen LogP contribution >= 0.6 is 11.3 Å². The molecule has 2 atom stereocenters. The third kappa shape index (κ3) is 5.56. The predicted octanol–water partition coefficient (Wildman–Crippen LogP) is 4.96. The van der Waals surface area contributed by atoms with Gasteiger partial charge in [-0.15, -0.1) is 11.3 Å². The number of hydrogen-bond donors (Lipinski definition) is 1. The highest BCUT2D eigenvalue weighted by Crippen LogP contribution is 2.35. The van der Waals surface area contributed by atoms with Gasteiger partial charge in [0.25, 0.3) is 5.91 Å². The van der Waals surface area contributed by atoms with Gasteiger partial charge in [-0.1, -0.05) is 49.6 Å². The number of ether oxygens (including phenoxy) is 2. The number of amides is 1. The molecular weight excluding hydrogens is 410 g/mol. The van der Waals surface area contributed by atoms with E-state index in [-0.39, 0.29) is 24.5 Å². The lowest BCUT2D eigenvalue weighted by atomic mass is 9.94. The Balaban J connectivity index is 1.46. The Hall–Kier alpha value is -2.15. The summed E-state index contributed by atoms with van der Waals surface area (Å²) in [5.74, 6) is 0.460. The molecule has 1 saturated carbocycles. The van der Waals surface area contributed by atoms with Gasteiger partial charge in [0.1, 0.15) is 0 Å². The van der Waals surface area contributed by atoms with Gasteiger partial charge in [-0.05, 0) is 41.5 Å². The van der Waals surface area contributed by atoms with E-state index in [9.17, 15) is 9.90 Å². The summed E-state index contributed by atoms with van der Waals surface area (Å²) in [4.78, 5) is 16.3. The fraction of sp³-hybridized carbons (Fsp3) is 0.480. The summed E-state index contributed by atoms with van der Waals surface area (Å²) in [5, 5.41) is 11.3. The number of allylic oxidation sites excluding steroid dienone is 1. The molecule has 2 heterocycles. The summed E-state index contributed by atoms with van der Waals surface area (Å²) in [5.41, 5.74) is 1.88. The van der Waals surface area contributed by atoms with Gasteiger partial charge in [-0.25, -0.2) is 0 Å². The number of benzene rings is 1. The normalized spacial score (nSPS) is 21.9. The zero-order chi connectivity index (χ0) is 21.6. The molecule has 1 aromatic carbocycles. The van der Waals surface area contributed by atoms with Crippen LogP contribution in [0.15, 0.2) is 53.6 Å². The molecule has 0 bridgehead atoms. The molecule has 6 heteroatoms. The molecule has 1 amide bonds. The number of hydrogen-bond acceptors (Lipinski definition) is 5. The van der Waals surface area contributed by atoms with E-state index >= 15 is 0 Å². The lowest BCUT2D eigenvalue weighted by Gasteiger charge is -2.34. The first-order valence-electron chi connectivity index (χ1n) is 11.1. The summed E-state index contributed by atoms with van der Waals surface area (Å²) in [7, 11) is 1.90. The van der Waals surface area contributed by atoms with Crippen molar-refractivity contribution in [1.29, 1.82) is 0 Å². The molecule has 166 valence electrons. The second-order valence-corrected chi connectivity index (χ2v) is 9.41. The molecule has 31 heavy (non-hydrogen) atoms. The number of thiophene rings is 1. The first-order chi connectivity index (χ1) is 15.1. The van der Waals surface area contributed by atoms with E-state index in [1.54, 1.807) is 11.3 Å². The molecular formula is C25H31NO4S. The molecule has 1 N–H and O–H groups in total. The fourth-order valence-corrected chi connectivity index (χ4v) is 5.16. The molecule has 0 radical (unpaired) electrons. The zero-order valence-corrected chi connectivity index (χ0v) is 18.9. The summed E-state index contributed by atoms with van der Waals surface area (Å²) in [6.45, 7) is 0.424. The van der Waals surface area contributed by atoms with Crippen molar-refractivity contribution in [3.63, 3.8) is 0 Å². The largest absolute Gasteiger partial charge is 0.459 e. The maximum absolute atomic E-state index is 13.3. The van der Waals surface area contributed by atoms with E-state index in [0.29, 0.717) is 18.8 Å². The van der Waals surface area contributed by atoms with Gasteiger partial charge in [0, 0.05) is 30.3 Å². The van der Waals surface area contributed by atoms with Gasteiger partial charge in [-0.2, -0.15) is 0 Å². The molecule has 0 spiro atoms.